The third kappa shape index (κ3) is 3.07. The second-order valence-corrected chi connectivity index (χ2v) is 0.378. The average Bonchev–Trinajstić information content (AvgIpc) is 1.38. The molecule has 0 saturated carbocycles. The summed E-state index contributed by atoms with van der Waals surface area (Å²) in [4.78, 5) is 8.90. The SMILES string of the molecule is N=NC(=O)[O-]. The molecule has 5 heavy (non-hydrogen) atoms. The van der Waals surface area contributed by atoms with Crippen LogP contribution in [0.15, 0.2) is 5.11 Å². The first-order chi connectivity index (χ1) is 2.27. The van der Waals surface area contributed by atoms with E-state index in [9.17, 15) is 0 Å². The van der Waals surface area contributed by atoms with Crippen LogP contribution in [0.4, 0.5) is 4.79 Å². The van der Waals surface area contributed by atoms with Gasteiger partial charge in [0.1, 0.15) is 0 Å². The van der Waals surface area contributed by atoms with Crippen LogP contribution in [-0.2, 0) is 0 Å². The minimum absolute atomic E-state index is 1.70. The van der Waals surface area contributed by atoms with E-state index in [1.54, 1.807) is 0 Å². The lowest BCUT2D eigenvalue weighted by Gasteiger charge is -1.77. The largest absolute Gasteiger partial charge is 0.527 e. The van der Waals surface area contributed by atoms with Crippen LogP contribution in [0.25, 0.3) is 0 Å². The van der Waals surface area contributed by atoms with E-state index in [1.807, 2.05) is 5.11 Å². The van der Waals surface area contributed by atoms with E-state index >= 15 is 0 Å². The van der Waals surface area contributed by atoms with Crippen molar-refractivity contribution in [3.05, 3.63) is 0 Å². The van der Waals surface area contributed by atoms with Gasteiger partial charge in [-0.2, -0.15) is 0 Å². The summed E-state index contributed by atoms with van der Waals surface area (Å²) in [7, 11) is 0. The summed E-state index contributed by atoms with van der Waals surface area (Å²) < 4.78 is 0. The van der Waals surface area contributed by atoms with E-state index in [0.717, 1.165) is 0 Å². The predicted molar refractivity (Wildman–Crippen MR) is 10.5 cm³/mol. The number of carbonyl (C=O) groups excluding carboxylic acids is 1. The standard InChI is InChI=1S/CH2N2O2/c2-3-1(4)5/h2H,(H,4,5)/p-1. The Labute approximate surface area is 27.9 Å². The topological polar surface area (TPSA) is 76.3 Å². The van der Waals surface area contributed by atoms with Crippen molar-refractivity contribution in [2.75, 3.05) is 0 Å². The first-order valence-electron chi connectivity index (χ1n) is 0.855. The maximum absolute atomic E-state index is 8.90. The number of nitrogens with one attached hydrogen (secondary N) is 1. The highest BCUT2D eigenvalue weighted by molar-refractivity contribution is 5.61. The van der Waals surface area contributed by atoms with Gasteiger partial charge in [-0.25, -0.2) is 5.53 Å². The summed E-state index contributed by atoms with van der Waals surface area (Å²) in [6.45, 7) is 0. The zero-order valence-corrected chi connectivity index (χ0v) is 2.26. The quantitative estimate of drug-likeness (QED) is 0.387. The molecule has 0 unspecified atom stereocenters. The van der Waals surface area contributed by atoms with Crippen LogP contribution in [-0.4, -0.2) is 6.09 Å². The minimum atomic E-state index is -1.70. The van der Waals surface area contributed by atoms with E-state index < -0.39 is 6.09 Å². The fourth-order valence-corrected chi connectivity index (χ4v) is 0. The summed E-state index contributed by atoms with van der Waals surface area (Å²) in [6.07, 6.45) is -1.70. The molecule has 0 aromatic heterocycles. The number of rotatable bonds is 0. The Hall–Kier alpha value is -0.930. The molecule has 0 bridgehead atoms. The summed E-state index contributed by atoms with van der Waals surface area (Å²) in [5.74, 6) is 0. The van der Waals surface area contributed by atoms with Gasteiger partial charge in [0, 0.05) is 0 Å². The molecule has 0 aromatic rings. The van der Waals surface area contributed by atoms with Crippen molar-refractivity contribution >= 4 is 6.09 Å². The summed E-state index contributed by atoms with van der Waals surface area (Å²) in [5, 5.41) is 10.8. The van der Waals surface area contributed by atoms with Crippen molar-refractivity contribution in [1.29, 1.82) is 5.53 Å². The second-order valence-electron chi connectivity index (χ2n) is 0.378. The van der Waals surface area contributed by atoms with Gasteiger partial charge in [0.05, 0.1) is 0 Å². The van der Waals surface area contributed by atoms with E-state index in [-0.39, 0.29) is 0 Å². The Morgan fingerprint density at radius 2 is 2.20 bits per heavy atom. The highest BCUT2D eigenvalue weighted by atomic mass is 16.4. The first kappa shape index (κ1) is 4.07. The minimum Gasteiger partial charge on any atom is -0.527 e. The fourth-order valence-electron chi connectivity index (χ4n) is 0. The van der Waals surface area contributed by atoms with Crippen LogP contribution >= 0.6 is 0 Å². The number of carboxylic acid groups (broad SMARTS) is 1. The Kier molecular flexibility index (Phi) is 1.14. The molecule has 0 aliphatic carbocycles. The molecule has 0 aliphatic heterocycles. The van der Waals surface area contributed by atoms with Crippen LogP contribution in [0.2, 0.25) is 0 Å². The predicted octanol–water partition coefficient (Wildman–Crippen LogP) is -0.639. The molecule has 0 spiro atoms. The molecule has 0 heterocycles. The van der Waals surface area contributed by atoms with Crippen molar-refractivity contribution in [3.63, 3.8) is 0 Å². The lowest BCUT2D eigenvalue weighted by molar-refractivity contribution is -0.246. The van der Waals surface area contributed by atoms with Crippen molar-refractivity contribution in [1.82, 2.24) is 0 Å². The Morgan fingerprint density at radius 3 is 2.20 bits per heavy atom. The Balaban J connectivity index is 3.20. The van der Waals surface area contributed by atoms with E-state index in [4.69, 9.17) is 15.4 Å². The monoisotopic (exact) mass is 73.0 g/mol. The van der Waals surface area contributed by atoms with Gasteiger partial charge in [-0.15, -0.1) is 5.11 Å². The van der Waals surface area contributed by atoms with Gasteiger partial charge in [-0.3, -0.25) is 0 Å². The van der Waals surface area contributed by atoms with Gasteiger partial charge in [0.2, 0.25) is 0 Å². The van der Waals surface area contributed by atoms with Gasteiger partial charge in [-0.1, -0.05) is 0 Å². The number of hydrogen-bond acceptors (Lipinski definition) is 3. The molecule has 0 radical (unpaired) electrons. The summed E-state index contributed by atoms with van der Waals surface area (Å²) in [6, 6.07) is 0. The van der Waals surface area contributed by atoms with Crippen molar-refractivity contribution in [2.24, 2.45) is 5.11 Å². The van der Waals surface area contributed by atoms with Crippen LogP contribution in [0.5, 0.6) is 0 Å². The molecule has 4 nitrogen and oxygen atoms in total. The Bertz CT molecular complexity index is 58.7. The van der Waals surface area contributed by atoms with Gasteiger partial charge in [-0.05, 0) is 0 Å². The lowest BCUT2D eigenvalue weighted by Crippen LogP contribution is -2.15. The maximum atomic E-state index is 8.90. The highest BCUT2D eigenvalue weighted by Gasteiger charge is 1.59. The zero-order chi connectivity index (χ0) is 4.28. The van der Waals surface area contributed by atoms with Crippen LogP contribution in [0.3, 0.4) is 0 Å². The van der Waals surface area contributed by atoms with Gasteiger partial charge in [0.15, 0.2) is 6.09 Å². The van der Waals surface area contributed by atoms with Gasteiger partial charge < -0.3 is 9.90 Å². The van der Waals surface area contributed by atoms with Crippen LogP contribution in [0, 0.1) is 5.53 Å². The number of hydrogen-bond donors (Lipinski definition) is 1. The molecule has 0 aliphatic rings. The van der Waals surface area contributed by atoms with E-state index in [0.29, 0.717) is 0 Å². The van der Waals surface area contributed by atoms with Gasteiger partial charge in [0.25, 0.3) is 0 Å². The molecule has 1 N–H and O–H groups in total. The zero-order valence-electron chi connectivity index (χ0n) is 2.26. The third-order valence-electron chi connectivity index (χ3n) is 0.0913. The smallest absolute Gasteiger partial charge is 0.185 e. The van der Waals surface area contributed by atoms with Crippen LogP contribution in [0.1, 0.15) is 0 Å². The van der Waals surface area contributed by atoms with E-state index in [2.05, 4.69) is 0 Å². The lowest BCUT2D eigenvalue weighted by atomic mass is 11.3. The molecule has 0 fully saturated rings. The molecule has 28 valence electrons. The summed E-state index contributed by atoms with van der Waals surface area (Å²) >= 11 is 0. The van der Waals surface area contributed by atoms with Gasteiger partial charge >= 0.3 is 0 Å². The van der Waals surface area contributed by atoms with Crippen molar-refractivity contribution in [2.45, 2.75) is 0 Å². The first-order valence-corrected chi connectivity index (χ1v) is 0.855. The molecule has 0 aromatic carbocycles. The Morgan fingerprint density at radius 1 is 2.00 bits per heavy atom. The maximum Gasteiger partial charge on any atom is 0.185 e. The van der Waals surface area contributed by atoms with Crippen molar-refractivity contribution < 1.29 is 9.90 Å². The molecule has 0 atom stereocenters. The normalized spacial score (nSPS) is 6.40. The second kappa shape index (κ2) is 1.40. The number of amides is 1. The molecule has 0 rings (SSSR count). The van der Waals surface area contributed by atoms with Crippen molar-refractivity contribution in [3.8, 4) is 0 Å². The number of nitrogens with zero attached hydrogens (tertiary/aromatic N) is 1. The summed E-state index contributed by atoms with van der Waals surface area (Å²) in [5.41, 5.74) is 5.62. The fraction of sp³-hybridized carbons (Fsp3) is 0. The van der Waals surface area contributed by atoms with Crippen LogP contribution < -0.4 is 5.11 Å². The molecule has 0 saturated heterocycles. The highest BCUT2D eigenvalue weighted by Crippen LogP contribution is 1.54. The molecule has 4 heteroatoms. The van der Waals surface area contributed by atoms with E-state index in [1.165, 1.54) is 0 Å². The molecule has 1 amide bonds. The molecular weight excluding hydrogens is 72.0 g/mol. The number of carbonyl (C=O) groups is 1. The third-order valence-corrected chi connectivity index (χ3v) is 0.0913. The average molecular weight is 73.0 g/mol. The molecular formula is CHN2O2-.